The van der Waals surface area contributed by atoms with Crippen LogP contribution in [0.5, 0.6) is 0 Å². The molecule has 0 amide bonds. The van der Waals surface area contributed by atoms with Crippen molar-refractivity contribution >= 4 is 0 Å². The molecule has 1 fully saturated rings. The van der Waals surface area contributed by atoms with Gasteiger partial charge in [0, 0.05) is 6.54 Å². The SMILES string of the molecule is CC(C)[C@@H](C)CN1CCCC1. The lowest BCUT2D eigenvalue weighted by molar-refractivity contribution is 0.250. The Bertz CT molecular complexity index is 103. The minimum absolute atomic E-state index is 0.843. The number of likely N-dealkylation sites (tertiary alicyclic amines) is 1. The van der Waals surface area contributed by atoms with Crippen LogP contribution >= 0.6 is 0 Å². The third-order valence-electron chi connectivity index (χ3n) is 2.88. The monoisotopic (exact) mass is 155 g/mol. The second kappa shape index (κ2) is 4.10. The highest BCUT2D eigenvalue weighted by Crippen LogP contribution is 2.15. The van der Waals surface area contributed by atoms with E-state index in [2.05, 4.69) is 25.7 Å². The van der Waals surface area contributed by atoms with Crippen LogP contribution in [0.15, 0.2) is 0 Å². The molecule has 0 unspecified atom stereocenters. The van der Waals surface area contributed by atoms with Crippen molar-refractivity contribution in [1.29, 1.82) is 0 Å². The molecule has 66 valence electrons. The van der Waals surface area contributed by atoms with Gasteiger partial charge in [-0.05, 0) is 37.8 Å². The molecule has 0 bridgehead atoms. The smallest absolute Gasteiger partial charge is 0.000946 e. The summed E-state index contributed by atoms with van der Waals surface area (Å²) in [5, 5.41) is 0. The fourth-order valence-electron chi connectivity index (χ4n) is 1.58. The third kappa shape index (κ3) is 2.82. The highest BCUT2D eigenvalue weighted by molar-refractivity contribution is 4.69. The number of rotatable bonds is 3. The molecular weight excluding hydrogens is 134 g/mol. The third-order valence-corrected chi connectivity index (χ3v) is 2.88. The van der Waals surface area contributed by atoms with Crippen LogP contribution in [0.4, 0.5) is 0 Å². The molecule has 0 saturated carbocycles. The molecule has 1 rings (SSSR count). The summed E-state index contributed by atoms with van der Waals surface area (Å²) in [5.41, 5.74) is 0. The second-order valence-electron chi connectivity index (χ2n) is 4.23. The molecule has 0 radical (unpaired) electrons. The maximum absolute atomic E-state index is 2.60. The molecule has 0 aliphatic carbocycles. The molecule has 0 N–H and O–H groups in total. The van der Waals surface area contributed by atoms with Gasteiger partial charge in [-0.15, -0.1) is 0 Å². The predicted octanol–water partition coefficient (Wildman–Crippen LogP) is 2.37. The largest absolute Gasteiger partial charge is 0.303 e. The summed E-state index contributed by atoms with van der Waals surface area (Å²) in [7, 11) is 0. The van der Waals surface area contributed by atoms with Crippen LogP contribution in [-0.4, -0.2) is 24.5 Å². The molecule has 1 atom stereocenters. The quantitative estimate of drug-likeness (QED) is 0.605. The molecule has 1 nitrogen and oxygen atoms in total. The zero-order valence-corrected chi connectivity index (χ0v) is 8.14. The van der Waals surface area contributed by atoms with Gasteiger partial charge >= 0.3 is 0 Å². The van der Waals surface area contributed by atoms with Gasteiger partial charge in [-0.3, -0.25) is 0 Å². The highest BCUT2D eigenvalue weighted by atomic mass is 15.1. The van der Waals surface area contributed by atoms with Crippen LogP contribution < -0.4 is 0 Å². The van der Waals surface area contributed by atoms with Crippen molar-refractivity contribution in [1.82, 2.24) is 4.90 Å². The summed E-state index contributed by atoms with van der Waals surface area (Å²) in [4.78, 5) is 2.60. The molecule has 11 heavy (non-hydrogen) atoms. The lowest BCUT2D eigenvalue weighted by atomic mass is 9.98. The van der Waals surface area contributed by atoms with Gasteiger partial charge in [-0.25, -0.2) is 0 Å². The van der Waals surface area contributed by atoms with Crippen molar-refractivity contribution in [2.24, 2.45) is 11.8 Å². The summed E-state index contributed by atoms with van der Waals surface area (Å²) in [6, 6.07) is 0. The maximum atomic E-state index is 2.60. The molecule has 0 aromatic heterocycles. The van der Waals surface area contributed by atoms with Gasteiger partial charge in [0.15, 0.2) is 0 Å². The van der Waals surface area contributed by atoms with Gasteiger partial charge in [0.05, 0.1) is 0 Å². The number of nitrogens with zero attached hydrogens (tertiary/aromatic N) is 1. The first kappa shape index (κ1) is 9.05. The Morgan fingerprint density at radius 2 is 1.64 bits per heavy atom. The first-order valence-corrected chi connectivity index (χ1v) is 4.92. The fraction of sp³-hybridized carbons (Fsp3) is 1.00. The van der Waals surface area contributed by atoms with E-state index < -0.39 is 0 Å². The summed E-state index contributed by atoms with van der Waals surface area (Å²) in [6.45, 7) is 11.0. The lowest BCUT2D eigenvalue weighted by Crippen LogP contribution is -2.27. The molecule has 0 spiro atoms. The van der Waals surface area contributed by atoms with E-state index in [1.165, 1.54) is 32.5 Å². The van der Waals surface area contributed by atoms with Crippen molar-refractivity contribution in [3.05, 3.63) is 0 Å². The summed E-state index contributed by atoms with van der Waals surface area (Å²) in [5.74, 6) is 1.71. The zero-order valence-electron chi connectivity index (χ0n) is 8.14. The second-order valence-corrected chi connectivity index (χ2v) is 4.23. The molecule has 0 aromatic carbocycles. The van der Waals surface area contributed by atoms with E-state index in [0.29, 0.717) is 0 Å². The Balaban J connectivity index is 2.18. The van der Waals surface area contributed by atoms with Gasteiger partial charge in [-0.1, -0.05) is 20.8 Å². The number of hydrogen-bond donors (Lipinski definition) is 0. The zero-order chi connectivity index (χ0) is 8.27. The Kier molecular flexibility index (Phi) is 3.38. The van der Waals surface area contributed by atoms with Crippen molar-refractivity contribution < 1.29 is 0 Å². The Hall–Kier alpha value is -0.0400. The lowest BCUT2D eigenvalue weighted by Gasteiger charge is -2.22. The van der Waals surface area contributed by atoms with Gasteiger partial charge in [0.25, 0.3) is 0 Å². The van der Waals surface area contributed by atoms with E-state index in [1.54, 1.807) is 0 Å². The van der Waals surface area contributed by atoms with Gasteiger partial charge < -0.3 is 4.90 Å². The average molecular weight is 155 g/mol. The standard InChI is InChI=1S/C10H21N/c1-9(2)10(3)8-11-6-4-5-7-11/h9-10H,4-8H2,1-3H3/t10-/m0/s1. The van der Waals surface area contributed by atoms with E-state index in [1.807, 2.05) is 0 Å². The van der Waals surface area contributed by atoms with Crippen LogP contribution in [0, 0.1) is 11.8 Å². The van der Waals surface area contributed by atoms with Crippen LogP contribution in [0.25, 0.3) is 0 Å². The van der Waals surface area contributed by atoms with Crippen molar-refractivity contribution in [3.8, 4) is 0 Å². The van der Waals surface area contributed by atoms with E-state index in [-0.39, 0.29) is 0 Å². The highest BCUT2D eigenvalue weighted by Gasteiger charge is 2.15. The van der Waals surface area contributed by atoms with Crippen LogP contribution in [0.2, 0.25) is 0 Å². The van der Waals surface area contributed by atoms with Crippen molar-refractivity contribution in [3.63, 3.8) is 0 Å². The minimum atomic E-state index is 0.843. The molecule has 0 aromatic rings. The van der Waals surface area contributed by atoms with E-state index in [4.69, 9.17) is 0 Å². The first-order chi connectivity index (χ1) is 5.20. The van der Waals surface area contributed by atoms with Crippen LogP contribution in [0.1, 0.15) is 33.6 Å². The topological polar surface area (TPSA) is 3.24 Å². The molecular formula is C10H21N. The van der Waals surface area contributed by atoms with E-state index in [9.17, 15) is 0 Å². The summed E-state index contributed by atoms with van der Waals surface area (Å²) in [6.07, 6.45) is 2.84. The molecule has 1 heterocycles. The van der Waals surface area contributed by atoms with Gasteiger partial charge in [0.1, 0.15) is 0 Å². The van der Waals surface area contributed by atoms with Crippen LogP contribution in [-0.2, 0) is 0 Å². The molecule has 1 aliphatic rings. The van der Waals surface area contributed by atoms with Crippen LogP contribution in [0.3, 0.4) is 0 Å². The first-order valence-electron chi connectivity index (χ1n) is 4.92. The van der Waals surface area contributed by atoms with Gasteiger partial charge in [-0.2, -0.15) is 0 Å². The van der Waals surface area contributed by atoms with Crippen molar-refractivity contribution in [2.45, 2.75) is 33.6 Å². The Morgan fingerprint density at radius 3 is 2.09 bits per heavy atom. The van der Waals surface area contributed by atoms with Crippen molar-refractivity contribution in [2.75, 3.05) is 19.6 Å². The van der Waals surface area contributed by atoms with E-state index >= 15 is 0 Å². The summed E-state index contributed by atoms with van der Waals surface area (Å²) < 4.78 is 0. The summed E-state index contributed by atoms with van der Waals surface area (Å²) >= 11 is 0. The molecule has 1 heteroatoms. The van der Waals surface area contributed by atoms with Gasteiger partial charge in [0.2, 0.25) is 0 Å². The Labute approximate surface area is 70.8 Å². The normalized spacial score (nSPS) is 22.9. The molecule has 1 saturated heterocycles. The average Bonchev–Trinajstić information content (AvgIpc) is 2.39. The number of hydrogen-bond acceptors (Lipinski definition) is 1. The predicted molar refractivity (Wildman–Crippen MR) is 49.7 cm³/mol. The Morgan fingerprint density at radius 1 is 1.09 bits per heavy atom. The minimum Gasteiger partial charge on any atom is -0.303 e. The fourth-order valence-corrected chi connectivity index (χ4v) is 1.58. The molecule has 1 aliphatic heterocycles. The maximum Gasteiger partial charge on any atom is 0.000946 e. The van der Waals surface area contributed by atoms with E-state index in [0.717, 1.165) is 11.8 Å².